The number of hydrogen-bond acceptors (Lipinski definition) is 5. The van der Waals surface area contributed by atoms with E-state index in [4.69, 9.17) is 0 Å². The Bertz CT molecular complexity index is 1500. The molecule has 2 aliphatic rings. The zero-order valence-electron chi connectivity index (χ0n) is 24.9. The average Bonchev–Trinajstić information content (AvgIpc) is 3.01. The molecular weight excluding hydrogens is 563 g/mol. The summed E-state index contributed by atoms with van der Waals surface area (Å²) >= 11 is 0. The van der Waals surface area contributed by atoms with E-state index in [1.165, 1.54) is 11.0 Å². The smallest absolute Gasteiger partial charge is 0.333 e. The Morgan fingerprint density at radius 1 is 1.02 bits per heavy atom. The molecule has 5 amide bonds. The number of hydrazine groups is 1. The molecule has 2 N–H and O–H groups in total. The number of carbonyl (C=O) groups is 4. The summed E-state index contributed by atoms with van der Waals surface area (Å²) in [5.41, 5.74) is 3.41. The first-order valence-corrected chi connectivity index (χ1v) is 14.8. The van der Waals surface area contributed by atoms with Crippen molar-refractivity contribution in [2.75, 3.05) is 25.0 Å². The standard InChI is InChI=1S/C33H37FN6O4/c1-3-15-38-21-31(42)39-29(17-24-10-13-27(14-11-24)36-22-41)32(43)37(19-26-12-9-23(2)16-28(26)34)20-30(39)40(38)33(44)35-18-25-7-5-4-6-8-25/h4-14,16,22,29-30H,3,15,17-21H2,1-2H3,(H,35,44)(H,36,41)/t29-,30?/m0/s1. The molecule has 2 saturated heterocycles. The molecule has 0 spiro atoms. The quantitative estimate of drug-likeness (QED) is 0.346. The number of anilines is 1. The minimum atomic E-state index is -0.923. The lowest BCUT2D eigenvalue weighted by atomic mass is 9.98. The number of fused-ring (bicyclic) bond motifs is 1. The Kier molecular flexibility index (Phi) is 9.54. The molecule has 2 atom stereocenters. The summed E-state index contributed by atoms with van der Waals surface area (Å²) in [7, 11) is 0. The van der Waals surface area contributed by atoms with E-state index in [0.717, 1.165) is 16.7 Å². The first kappa shape index (κ1) is 30.7. The molecule has 2 aliphatic heterocycles. The summed E-state index contributed by atoms with van der Waals surface area (Å²) < 4.78 is 15.0. The van der Waals surface area contributed by atoms with E-state index >= 15 is 0 Å². The van der Waals surface area contributed by atoms with Crippen molar-refractivity contribution in [2.45, 2.75) is 52.0 Å². The van der Waals surface area contributed by atoms with Crippen molar-refractivity contribution in [3.8, 4) is 0 Å². The minimum Gasteiger partial charge on any atom is -0.333 e. The van der Waals surface area contributed by atoms with Gasteiger partial charge in [0.05, 0.1) is 13.1 Å². The van der Waals surface area contributed by atoms with Crippen molar-refractivity contribution < 1.29 is 23.6 Å². The number of amides is 5. The van der Waals surface area contributed by atoms with E-state index in [0.29, 0.717) is 37.2 Å². The van der Waals surface area contributed by atoms with Crippen molar-refractivity contribution in [2.24, 2.45) is 0 Å². The highest BCUT2D eigenvalue weighted by Crippen LogP contribution is 2.30. The van der Waals surface area contributed by atoms with E-state index in [9.17, 15) is 23.6 Å². The molecule has 44 heavy (non-hydrogen) atoms. The van der Waals surface area contributed by atoms with Crippen LogP contribution in [0.1, 0.15) is 35.6 Å². The van der Waals surface area contributed by atoms with Gasteiger partial charge in [-0.2, -0.15) is 0 Å². The normalized spacial score (nSPS) is 18.7. The van der Waals surface area contributed by atoms with Gasteiger partial charge in [-0.3, -0.25) is 14.4 Å². The fourth-order valence-electron chi connectivity index (χ4n) is 5.86. The van der Waals surface area contributed by atoms with Crippen LogP contribution < -0.4 is 10.6 Å². The van der Waals surface area contributed by atoms with Gasteiger partial charge in [-0.15, -0.1) is 0 Å². The van der Waals surface area contributed by atoms with Crippen molar-refractivity contribution in [3.05, 3.63) is 101 Å². The van der Waals surface area contributed by atoms with Crippen LogP contribution >= 0.6 is 0 Å². The minimum absolute atomic E-state index is 0.00454. The van der Waals surface area contributed by atoms with Crippen molar-refractivity contribution in [3.63, 3.8) is 0 Å². The van der Waals surface area contributed by atoms with E-state index in [1.54, 1.807) is 58.2 Å². The molecule has 3 aromatic rings. The van der Waals surface area contributed by atoms with E-state index < -0.39 is 18.0 Å². The third kappa shape index (κ3) is 6.73. The molecule has 0 aliphatic carbocycles. The van der Waals surface area contributed by atoms with Crippen LogP contribution in [0.2, 0.25) is 0 Å². The predicted octanol–water partition coefficient (Wildman–Crippen LogP) is 3.66. The highest BCUT2D eigenvalue weighted by Gasteiger charge is 2.51. The Hall–Kier alpha value is -4.77. The third-order valence-electron chi connectivity index (χ3n) is 7.98. The number of nitrogens with zero attached hydrogens (tertiary/aromatic N) is 4. The van der Waals surface area contributed by atoms with E-state index in [-0.39, 0.29) is 43.9 Å². The summed E-state index contributed by atoms with van der Waals surface area (Å²) in [4.78, 5) is 55.6. The second-order valence-electron chi connectivity index (χ2n) is 11.2. The van der Waals surface area contributed by atoms with Gasteiger partial charge in [-0.05, 0) is 48.2 Å². The van der Waals surface area contributed by atoms with Gasteiger partial charge in [0.2, 0.25) is 18.2 Å². The Labute approximate surface area is 256 Å². The van der Waals surface area contributed by atoms with Gasteiger partial charge in [0.15, 0.2) is 0 Å². The zero-order valence-corrected chi connectivity index (χ0v) is 24.9. The van der Waals surface area contributed by atoms with Crippen LogP contribution in [0, 0.1) is 12.7 Å². The van der Waals surface area contributed by atoms with E-state index in [2.05, 4.69) is 10.6 Å². The number of nitrogens with one attached hydrogen (secondary N) is 2. The van der Waals surface area contributed by atoms with Crippen LogP contribution in [-0.2, 0) is 33.9 Å². The first-order valence-electron chi connectivity index (χ1n) is 14.8. The number of urea groups is 1. The lowest BCUT2D eigenvalue weighted by molar-refractivity contribution is -0.191. The number of carbonyl (C=O) groups excluding carboxylic acids is 4. The summed E-state index contributed by atoms with van der Waals surface area (Å²) in [5, 5.41) is 8.87. The van der Waals surface area contributed by atoms with Gasteiger partial charge in [0.25, 0.3) is 0 Å². The first-order chi connectivity index (χ1) is 21.3. The number of piperazine rings is 1. The third-order valence-corrected chi connectivity index (χ3v) is 7.98. The number of hydrogen-bond donors (Lipinski definition) is 2. The van der Waals surface area contributed by atoms with Gasteiger partial charge < -0.3 is 20.4 Å². The van der Waals surface area contributed by atoms with Gasteiger partial charge in [0.1, 0.15) is 18.0 Å². The summed E-state index contributed by atoms with van der Waals surface area (Å²) in [6, 6.07) is 20.1. The van der Waals surface area contributed by atoms with E-state index in [1.807, 2.05) is 37.3 Å². The molecular formula is C33H37FN6O4. The summed E-state index contributed by atoms with van der Waals surface area (Å²) in [5.74, 6) is -0.993. The molecule has 2 fully saturated rings. The summed E-state index contributed by atoms with van der Waals surface area (Å²) in [6.45, 7) is 4.49. The maximum absolute atomic E-state index is 15.0. The van der Waals surface area contributed by atoms with Crippen LogP contribution in [0.3, 0.4) is 0 Å². The van der Waals surface area contributed by atoms with Gasteiger partial charge in [-0.1, -0.05) is 61.5 Å². The van der Waals surface area contributed by atoms with Gasteiger partial charge >= 0.3 is 6.03 Å². The fraction of sp³-hybridized carbons (Fsp3) is 0.333. The lowest BCUT2D eigenvalue weighted by Crippen LogP contribution is -2.76. The van der Waals surface area contributed by atoms with Gasteiger partial charge in [0, 0.05) is 37.3 Å². The molecule has 11 heteroatoms. The highest BCUT2D eigenvalue weighted by molar-refractivity contribution is 5.91. The second kappa shape index (κ2) is 13.7. The van der Waals surface area contributed by atoms with Crippen LogP contribution in [-0.4, -0.2) is 75.9 Å². The molecule has 0 aromatic heterocycles. The number of rotatable bonds is 10. The molecule has 10 nitrogen and oxygen atoms in total. The molecule has 1 unspecified atom stereocenters. The Balaban J connectivity index is 1.49. The molecule has 0 saturated carbocycles. The SMILES string of the molecule is CCCN1CC(=O)N2C(CN(Cc3ccc(C)cc3F)C(=O)[C@@H]2Cc2ccc(NC=O)cc2)N1C(=O)NCc1ccccc1. The maximum atomic E-state index is 15.0. The molecule has 0 radical (unpaired) electrons. The number of halogens is 1. The largest absolute Gasteiger partial charge is 0.334 e. The van der Waals surface area contributed by atoms with Crippen molar-refractivity contribution in [1.82, 2.24) is 25.1 Å². The number of benzene rings is 3. The van der Waals surface area contributed by atoms with Crippen LogP contribution in [0.5, 0.6) is 0 Å². The van der Waals surface area contributed by atoms with Crippen molar-refractivity contribution in [1.29, 1.82) is 0 Å². The monoisotopic (exact) mass is 600 g/mol. The summed E-state index contributed by atoms with van der Waals surface area (Å²) in [6.07, 6.45) is 0.663. The predicted molar refractivity (Wildman–Crippen MR) is 163 cm³/mol. The van der Waals surface area contributed by atoms with Crippen molar-refractivity contribution >= 4 is 29.9 Å². The lowest BCUT2D eigenvalue weighted by Gasteiger charge is -2.55. The molecule has 5 rings (SSSR count). The molecule has 2 heterocycles. The second-order valence-corrected chi connectivity index (χ2v) is 11.2. The van der Waals surface area contributed by atoms with Gasteiger partial charge in [-0.25, -0.2) is 19.2 Å². The Morgan fingerprint density at radius 2 is 1.77 bits per heavy atom. The maximum Gasteiger partial charge on any atom is 0.334 e. The van der Waals surface area contributed by atoms with Crippen LogP contribution in [0.15, 0.2) is 72.8 Å². The Morgan fingerprint density at radius 3 is 2.45 bits per heavy atom. The van der Waals surface area contributed by atoms with Crippen LogP contribution in [0.4, 0.5) is 14.9 Å². The number of aryl methyl sites for hydroxylation is 1. The average molecular weight is 601 g/mol. The molecule has 230 valence electrons. The fourth-order valence-corrected chi connectivity index (χ4v) is 5.86. The highest BCUT2D eigenvalue weighted by atomic mass is 19.1. The molecule has 3 aromatic carbocycles. The molecule has 0 bridgehead atoms. The topological polar surface area (TPSA) is 105 Å². The zero-order chi connectivity index (χ0) is 31.2. The van der Waals surface area contributed by atoms with Crippen LogP contribution in [0.25, 0.3) is 0 Å².